The molecule has 5 heteroatoms. The molecule has 2 N–H and O–H groups in total. The highest BCUT2D eigenvalue weighted by atomic mass is 16.1. The first-order chi connectivity index (χ1) is 5.31. The van der Waals surface area contributed by atoms with Gasteiger partial charge in [0.15, 0.2) is 0 Å². The van der Waals surface area contributed by atoms with Crippen molar-refractivity contribution in [2.75, 3.05) is 13.1 Å². The van der Waals surface area contributed by atoms with Crippen molar-refractivity contribution >= 4 is 12.2 Å². The molecule has 60 valence electrons. The van der Waals surface area contributed by atoms with Crippen LogP contribution in [-0.4, -0.2) is 31.3 Å². The molecule has 0 heterocycles. The number of hydrogen-bond acceptors (Lipinski definition) is 5. The summed E-state index contributed by atoms with van der Waals surface area (Å²) in [6, 6.07) is -0.228. The Morgan fingerprint density at radius 3 is 2.45 bits per heavy atom. The molecule has 0 saturated carbocycles. The Labute approximate surface area is 64.0 Å². The minimum absolute atomic E-state index is 0.228. The van der Waals surface area contributed by atoms with Crippen molar-refractivity contribution in [1.82, 2.24) is 0 Å². The van der Waals surface area contributed by atoms with Crippen molar-refractivity contribution in [1.29, 1.82) is 0 Å². The van der Waals surface area contributed by atoms with E-state index in [4.69, 9.17) is 5.73 Å². The Hall–Kier alpha value is -1.28. The third-order valence-electron chi connectivity index (χ3n) is 1.07. The van der Waals surface area contributed by atoms with Crippen LogP contribution in [0.1, 0.15) is 6.42 Å². The summed E-state index contributed by atoms with van der Waals surface area (Å²) in [5, 5.41) is 0. The summed E-state index contributed by atoms with van der Waals surface area (Å²) in [6.45, 7) is 0.566. The van der Waals surface area contributed by atoms with Crippen LogP contribution in [0, 0.1) is 0 Å². The van der Waals surface area contributed by atoms with Gasteiger partial charge in [-0.3, -0.25) is 0 Å². The van der Waals surface area contributed by atoms with Gasteiger partial charge < -0.3 is 5.73 Å². The smallest absolute Gasteiger partial charge is 0.234 e. The molecule has 0 bridgehead atoms. The van der Waals surface area contributed by atoms with Crippen LogP contribution in [-0.2, 0) is 9.59 Å². The van der Waals surface area contributed by atoms with Gasteiger partial charge in [0.25, 0.3) is 0 Å². The van der Waals surface area contributed by atoms with Crippen molar-refractivity contribution in [2.24, 2.45) is 15.7 Å². The van der Waals surface area contributed by atoms with E-state index in [0.717, 1.165) is 0 Å². The minimum Gasteiger partial charge on any atom is -0.326 e. The summed E-state index contributed by atoms with van der Waals surface area (Å²) in [7, 11) is 0. The van der Waals surface area contributed by atoms with Crippen molar-refractivity contribution in [3.8, 4) is 0 Å². The SMILES string of the molecule is NC(CCN=C=O)CN=C=O. The predicted molar refractivity (Wildman–Crippen MR) is 38.6 cm³/mol. The van der Waals surface area contributed by atoms with Crippen LogP contribution in [0.2, 0.25) is 0 Å². The van der Waals surface area contributed by atoms with Crippen LogP contribution >= 0.6 is 0 Å². The van der Waals surface area contributed by atoms with Crippen LogP contribution in [0.25, 0.3) is 0 Å². The molecule has 0 amide bonds. The Morgan fingerprint density at radius 1 is 1.27 bits per heavy atom. The maximum Gasteiger partial charge on any atom is 0.234 e. The van der Waals surface area contributed by atoms with E-state index in [0.29, 0.717) is 13.0 Å². The minimum atomic E-state index is -0.228. The maximum absolute atomic E-state index is 9.61. The van der Waals surface area contributed by atoms with Crippen molar-refractivity contribution in [3.63, 3.8) is 0 Å². The fourth-order valence-electron chi connectivity index (χ4n) is 0.522. The third kappa shape index (κ3) is 6.61. The molecule has 1 atom stereocenters. The lowest BCUT2D eigenvalue weighted by atomic mass is 10.2. The van der Waals surface area contributed by atoms with Gasteiger partial charge in [-0.05, 0) is 6.42 Å². The second-order valence-electron chi connectivity index (χ2n) is 1.95. The largest absolute Gasteiger partial charge is 0.326 e. The van der Waals surface area contributed by atoms with Crippen molar-refractivity contribution in [2.45, 2.75) is 12.5 Å². The standard InChI is InChI=1S/C6H9N3O2/c7-6(3-9-5-11)1-2-8-4-10/h6H,1-3,7H2. The van der Waals surface area contributed by atoms with E-state index in [9.17, 15) is 9.59 Å². The molecule has 0 saturated heterocycles. The monoisotopic (exact) mass is 155 g/mol. The molecule has 5 nitrogen and oxygen atoms in total. The van der Waals surface area contributed by atoms with Gasteiger partial charge >= 0.3 is 0 Å². The Balaban J connectivity index is 3.43. The number of nitrogens with zero attached hydrogens (tertiary/aromatic N) is 2. The zero-order valence-corrected chi connectivity index (χ0v) is 5.99. The van der Waals surface area contributed by atoms with E-state index in [1.165, 1.54) is 12.2 Å². The van der Waals surface area contributed by atoms with Gasteiger partial charge in [-0.25, -0.2) is 19.6 Å². The quantitative estimate of drug-likeness (QED) is 0.424. The fraction of sp³-hybridized carbons (Fsp3) is 0.667. The number of rotatable bonds is 5. The summed E-state index contributed by atoms with van der Waals surface area (Å²) in [5.41, 5.74) is 5.44. The highest BCUT2D eigenvalue weighted by molar-refractivity contribution is 5.33. The lowest BCUT2D eigenvalue weighted by Crippen LogP contribution is -2.24. The lowest BCUT2D eigenvalue weighted by Gasteiger charge is -2.02. The number of aliphatic imine (C=N–C) groups is 2. The van der Waals surface area contributed by atoms with Gasteiger partial charge in [-0.2, -0.15) is 0 Å². The van der Waals surface area contributed by atoms with Gasteiger partial charge in [0.1, 0.15) is 0 Å². The molecule has 11 heavy (non-hydrogen) atoms. The second kappa shape index (κ2) is 6.83. The van der Waals surface area contributed by atoms with Crippen LogP contribution < -0.4 is 5.73 Å². The number of carbonyl (C=O) groups excluding carboxylic acids is 2. The normalized spacial score (nSPS) is 11.0. The van der Waals surface area contributed by atoms with E-state index >= 15 is 0 Å². The number of isocyanates is 2. The van der Waals surface area contributed by atoms with E-state index in [-0.39, 0.29) is 12.6 Å². The van der Waals surface area contributed by atoms with E-state index in [2.05, 4.69) is 9.98 Å². The van der Waals surface area contributed by atoms with E-state index < -0.39 is 0 Å². The van der Waals surface area contributed by atoms with Crippen LogP contribution in [0.3, 0.4) is 0 Å². The first-order valence-corrected chi connectivity index (χ1v) is 3.14. The van der Waals surface area contributed by atoms with Gasteiger partial charge in [0, 0.05) is 6.04 Å². The number of nitrogens with two attached hydrogens (primary N) is 1. The van der Waals surface area contributed by atoms with E-state index in [1.54, 1.807) is 0 Å². The topological polar surface area (TPSA) is 84.9 Å². The summed E-state index contributed by atoms with van der Waals surface area (Å²) >= 11 is 0. The molecule has 0 radical (unpaired) electrons. The average molecular weight is 155 g/mol. The molecule has 0 aliphatic heterocycles. The van der Waals surface area contributed by atoms with Gasteiger partial charge in [-0.15, -0.1) is 0 Å². The molecule has 1 unspecified atom stereocenters. The van der Waals surface area contributed by atoms with Crippen LogP contribution in [0.15, 0.2) is 9.98 Å². The summed E-state index contributed by atoms with van der Waals surface area (Å²) in [6.07, 6.45) is 3.29. The molecule has 0 aromatic heterocycles. The Bertz CT molecular complexity index is 192. The fourth-order valence-corrected chi connectivity index (χ4v) is 0.522. The molecule has 0 aromatic carbocycles. The maximum atomic E-state index is 9.61. The zero-order chi connectivity index (χ0) is 8.53. The van der Waals surface area contributed by atoms with Gasteiger partial charge in [0.05, 0.1) is 13.1 Å². The first kappa shape index (κ1) is 9.72. The summed E-state index contributed by atoms with van der Waals surface area (Å²) in [4.78, 5) is 25.8. The van der Waals surface area contributed by atoms with Crippen LogP contribution in [0.5, 0.6) is 0 Å². The lowest BCUT2D eigenvalue weighted by molar-refractivity contribution is 0.553. The van der Waals surface area contributed by atoms with Gasteiger partial charge in [0.2, 0.25) is 12.2 Å². The highest BCUT2D eigenvalue weighted by Crippen LogP contribution is 1.88. The third-order valence-corrected chi connectivity index (χ3v) is 1.07. The Kier molecular flexibility index (Phi) is 6.04. The second-order valence-corrected chi connectivity index (χ2v) is 1.95. The molecule has 0 aliphatic rings. The van der Waals surface area contributed by atoms with Crippen molar-refractivity contribution in [3.05, 3.63) is 0 Å². The molecule has 0 spiro atoms. The van der Waals surface area contributed by atoms with Crippen molar-refractivity contribution < 1.29 is 9.59 Å². The highest BCUT2D eigenvalue weighted by Gasteiger charge is 1.98. The predicted octanol–water partition coefficient (Wildman–Crippen LogP) is -0.625. The zero-order valence-electron chi connectivity index (χ0n) is 5.99. The molecule has 0 aromatic rings. The molecular formula is C6H9N3O2. The molecular weight excluding hydrogens is 146 g/mol. The Morgan fingerprint density at radius 2 is 1.91 bits per heavy atom. The van der Waals surface area contributed by atoms with E-state index in [1.807, 2.05) is 0 Å². The molecule has 0 aliphatic carbocycles. The van der Waals surface area contributed by atoms with Crippen LogP contribution in [0.4, 0.5) is 0 Å². The van der Waals surface area contributed by atoms with Gasteiger partial charge in [-0.1, -0.05) is 0 Å². The molecule has 0 rings (SSSR count). The summed E-state index contributed by atoms with van der Waals surface area (Å²) < 4.78 is 0. The summed E-state index contributed by atoms with van der Waals surface area (Å²) in [5.74, 6) is 0. The number of hydrogen-bond donors (Lipinski definition) is 1. The average Bonchev–Trinajstić information content (AvgIpc) is 2.01. The first-order valence-electron chi connectivity index (χ1n) is 3.14. The molecule has 0 fully saturated rings.